The highest BCUT2D eigenvalue weighted by Crippen LogP contribution is 1.98. The largest absolute Gasteiger partial charge is 0.295 e. The summed E-state index contributed by atoms with van der Waals surface area (Å²) in [5.74, 6) is -0.124. The summed E-state index contributed by atoms with van der Waals surface area (Å²) in [5.41, 5.74) is 2.12. The van der Waals surface area contributed by atoms with E-state index in [1.165, 1.54) is 24.6 Å². The summed E-state index contributed by atoms with van der Waals surface area (Å²) >= 11 is 0. The highest BCUT2D eigenvalue weighted by atomic mass is 19.2. The number of ketones is 1. The zero-order valence-electron chi connectivity index (χ0n) is 7.23. The molecule has 0 bridgehead atoms. The Kier molecular flexibility index (Phi) is 4.69. The van der Waals surface area contributed by atoms with E-state index in [4.69, 9.17) is 0 Å². The van der Waals surface area contributed by atoms with Crippen LogP contribution in [0.4, 0.5) is 4.48 Å². The topological polar surface area (TPSA) is 29.1 Å². The third kappa shape index (κ3) is 3.71. The van der Waals surface area contributed by atoms with Crippen LogP contribution in [-0.2, 0) is 4.79 Å². The van der Waals surface area contributed by atoms with Gasteiger partial charge in [0.25, 0.3) is 0 Å². The van der Waals surface area contributed by atoms with Gasteiger partial charge >= 0.3 is 0 Å². The molecule has 0 spiro atoms. The Morgan fingerprint density at radius 2 is 2.08 bits per heavy atom. The number of Topliss-reactive ketones (excluding diaryl/α,β-unsaturated/α-hetero) is 1. The van der Waals surface area contributed by atoms with Crippen molar-refractivity contribution in [1.82, 2.24) is 5.54 Å². The maximum Gasteiger partial charge on any atom is 0.159 e. The predicted molar refractivity (Wildman–Crippen MR) is 47.0 cm³/mol. The zero-order valence-corrected chi connectivity index (χ0v) is 7.23. The molecule has 12 heavy (non-hydrogen) atoms. The van der Waals surface area contributed by atoms with Crippen LogP contribution in [0.1, 0.15) is 13.8 Å². The molecule has 0 aliphatic rings. The number of rotatable bonds is 4. The highest BCUT2D eigenvalue weighted by molar-refractivity contribution is 5.95. The Labute approximate surface area is 71.4 Å². The Morgan fingerprint density at radius 1 is 1.50 bits per heavy atom. The summed E-state index contributed by atoms with van der Waals surface area (Å²) in [7, 11) is 0. The summed E-state index contributed by atoms with van der Waals surface area (Å²) < 4.78 is 11.8. The van der Waals surface area contributed by atoms with Crippen molar-refractivity contribution in [2.24, 2.45) is 0 Å². The Morgan fingerprint density at radius 3 is 2.42 bits per heavy atom. The summed E-state index contributed by atoms with van der Waals surface area (Å²) in [6.45, 7) is 6.57. The van der Waals surface area contributed by atoms with Gasteiger partial charge < -0.3 is 0 Å². The van der Waals surface area contributed by atoms with Gasteiger partial charge in [-0.1, -0.05) is 12.7 Å². The standard InChI is InChI=1S/C9H12FNO/c1-4-9(11-10)6-5-7(2)8(3)12/h4-6,11H,2H2,1,3H3/b6-5-,9-4+. The van der Waals surface area contributed by atoms with Gasteiger partial charge in [-0.25, -0.2) is 5.54 Å². The van der Waals surface area contributed by atoms with Crippen LogP contribution in [0.25, 0.3) is 0 Å². The van der Waals surface area contributed by atoms with Gasteiger partial charge in [0.1, 0.15) is 0 Å². The van der Waals surface area contributed by atoms with E-state index in [1.54, 1.807) is 13.0 Å². The lowest BCUT2D eigenvalue weighted by atomic mass is 10.2. The normalized spacial score (nSPS) is 11.8. The second kappa shape index (κ2) is 5.29. The molecule has 0 unspecified atom stereocenters. The molecule has 0 saturated heterocycles. The van der Waals surface area contributed by atoms with E-state index in [-0.39, 0.29) is 5.78 Å². The predicted octanol–water partition coefficient (Wildman–Crippen LogP) is 2.07. The molecule has 0 aliphatic carbocycles. The van der Waals surface area contributed by atoms with Crippen molar-refractivity contribution >= 4 is 5.78 Å². The van der Waals surface area contributed by atoms with Crippen molar-refractivity contribution in [3.8, 4) is 0 Å². The minimum atomic E-state index is -0.124. The molecule has 2 nitrogen and oxygen atoms in total. The molecule has 0 amide bonds. The number of carbonyl (C=O) groups excluding carboxylic acids is 1. The van der Waals surface area contributed by atoms with Crippen molar-refractivity contribution in [3.63, 3.8) is 0 Å². The molecule has 0 fully saturated rings. The smallest absolute Gasteiger partial charge is 0.159 e. The number of allylic oxidation sites excluding steroid dienone is 4. The van der Waals surface area contributed by atoms with Crippen molar-refractivity contribution < 1.29 is 9.28 Å². The van der Waals surface area contributed by atoms with Gasteiger partial charge in [-0.05, 0) is 26.0 Å². The number of halogens is 1. The first kappa shape index (κ1) is 10.6. The lowest BCUT2D eigenvalue weighted by molar-refractivity contribution is -0.113. The summed E-state index contributed by atoms with van der Waals surface area (Å²) in [6.07, 6.45) is 4.46. The van der Waals surface area contributed by atoms with Gasteiger partial charge in [-0.2, -0.15) is 0 Å². The number of hydrogen-bond donors (Lipinski definition) is 1. The molecule has 0 saturated carbocycles. The summed E-state index contributed by atoms with van der Waals surface area (Å²) in [5, 5.41) is 0. The average Bonchev–Trinajstić information content (AvgIpc) is 2.05. The molecule has 0 heterocycles. The molecule has 3 heteroatoms. The maximum absolute atomic E-state index is 11.8. The lowest BCUT2D eigenvalue weighted by Gasteiger charge is -1.94. The van der Waals surface area contributed by atoms with Crippen molar-refractivity contribution in [2.75, 3.05) is 0 Å². The van der Waals surface area contributed by atoms with Gasteiger partial charge in [0.2, 0.25) is 0 Å². The Bertz CT molecular complexity index is 237. The van der Waals surface area contributed by atoms with Gasteiger partial charge in [0, 0.05) is 5.57 Å². The fourth-order valence-electron chi connectivity index (χ4n) is 0.490. The minimum absolute atomic E-state index is 0.124. The van der Waals surface area contributed by atoms with Crippen LogP contribution in [-0.4, -0.2) is 5.78 Å². The number of hydrogen-bond acceptors (Lipinski definition) is 2. The van der Waals surface area contributed by atoms with Crippen LogP contribution in [0.3, 0.4) is 0 Å². The monoisotopic (exact) mass is 169 g/mol. The zero-order chi connectivity index (χ0) is 9.56. The fraction of sp³-hybridized carbons (Fsp3) is 0.222. The SMILES string of the molecule is C=C(/C=C\C(=C/C)NF)C(C)=O. The van der Waals surface area contributed by atoms with E-state index in [0.29, 0.717) is 11.3 Å². The Hall–Kier alpha value is -1.38. The third-order valence-corrected chi connectivity index (χ3v) is 1.34. The first-order valence-corrected chi connectivity index (χ1v) is 3.52. The van der Waals surface area contributed by atoms with E-state index in [9.17, 15) is 9.28 Å². The van der Waals surface area contributed by atoms with E-state index in [2.05, 4.69) is 6.58 Å². The third-order valence-electron chi connectivity index (χ3n) is 1.34. The number of carbonyl (C=O) groups is 1. The van der Waals surface area contributed by atoms with E-state index >= 15 is 0 Å². The second-order valence-corrected chi connectivity index (χ2v) is 2.25. The highest BCUT2D eigenvalue weighted by Gasteiger charge is 1.94. The van der Waals surface area contributed by atoms with Crippen molar-refractivity contribution in [1.29, 1.82) is 0 Å². The molecule has 0 rings (SSSR count). The molecule has 0 atom stereocenters. The van der Waals surface area contributed by atoms with Gasteiger partial charge in [-0.15, -0.1) is 4.48 Å². The van der Waals surface area contributed by atoms with Crippen LogP contribution in [0.2, 0.25) is 0 Å². The molecule has 66 valence electrons. The van der Waals surface area contributed by atoms with Crippen LogP contribution >= 0.6 is 0 Å². The Balaban J connectivity index is 4.24. The molecule has 0 aliphatic heterocycles. The van der Waals surface area contributed by atoms with Gasteiger partial charge in [-0.3, -0.25) is 4.79 Å². The number of nitrogens with one attached hydrogen (secondary N) is 1. The van der Waals surface area contributed by atoms with Crippen LogP contribution in [0, 0.1) is 0 Å². The minimum Gasteiger partial charge on any atom is -0.295 e. The summed E-state index contributed by atoms with van der Waals surface area (Å²) in [6, 6.07) is 0. The second-order valence-electron chi connectivity index (χ2n) is 2.25. The molecule has 0 aromatic carbocycles. The van der Waals surface area contributed by atoms with Crippen LogP contribution in [0.5, 0.6) is 0 Å². The van der Waals surface area contributed by atoms with Gasteiger partial charge in [0.15, 0.2) is 5.78 Å². The lowest BCUT2D eigenvalue weighted by Crippen LogP contribution is -1.97. The van der Waals surface area contributed by atoms with Crippen molar-refractivity contribution in [2.45, 2.75) is 13.8 Å². The quantitative estimate of drug-likeness (QED) is 0.396. The molecular formula is C9H12FNO. The molecular weight excluding hydrogens is 157 g/mol. The van der Waals surface area contributed by atoms with E-state index < -0.39 is 0 Å². The maximum atomic E-state index is 11.8. The first-order valence-electron chi connectivity index (χ1n) is 3.52. The summed E-state index contributed by atoms with van der Waals surface area (Å²) in [4.78, 5) is 10.6. The molecule has 0 radical (unpaired) electrons. The van der Waals surface area contributed by atoms with Gasteiger partial charge in [0.05, 0.1) is 5.70 Å². The fourth-order valence-corrected chi connectivity index (χ4v) is 0.490. The van der Waals surface area contributed by atoms with Crippen LogP contribution < -0.4 is 5.54 Å². The average molecular weight is 169 g/mol. The first-order chi connectivity index (χ1) is 5.61. The van der Waals surface area contributed by atoms with E-state index in [1.807, 2.05) is 0 Å². The molecule has 0 aromatic rings. The van der Waals surface area contributed by atoms with Crippen LogP contribution in [0.15, 0.2) is 36.1 Å². The van der Waals surface area contributed by atoms with Crippen molar-refractivity contribution in [3.05, 3.63) is 36.1 Å². The van der Waals surface area contributed by atoms with E-state index in [0.717, 1.165) is 0 Å². The molecule has 1 N–H and O–H groups in total. The molecule has 0 aromatic heterocycles.